The van der Waals surface area contributed by atoms with Crippen LogP contribution in [0.15, 0.2) is 24.3 Å². The molecule has 5 heteroatoms. The Labute approximate surface area is 156 Å². The van der Waals surface area contributed by atoms with Crippen LogP contribution in [0, 0.1) is 12.8 Å². The molecule has 144 valence electrons. The van der Waals surface area contributed by atoms with E-state index < -0.39 is 5.97 Å². The van der Waals surface area contributed by atoms with E-state index in [9.17, 15) is 9.90 Å². The molecule has 1 aromatic carbocycles. The number of ether oxygens (including phenoxy) is 1. The van der Waals surface area contributed by atoms with E-state index in [0.29, 0.717) is 5.92 Å². The standard InChI is InChI=1S/C21H32N2O3/c1-17-5-2-3-6-19(17)14-22-10-8-18(9-11-22)13-23(16-21(24)25)15-20-7-4-12-26-20/h2-3,5-6,18,20H,4,7-16H2,1H3,(H,24,25)/t20-/m0/s1. The minimum Gasteiger partial charge on any atom is -0.480 e. The van der Waals surface area contributed by atoms with Crippen LogP contribution in [-0.2, 0) is 16.1 Å². The number of rotatable bonds is 8. The molecule has 1 aromatic rings. The molecule has 26 heavy (non-hydrogen) atoms. The molecule has 0 bridgehead atoms. The van der Waals surface area contributed by atoms with E-state index in [1.807, 2.05) is 0 Å². The van der Waals surface area contributed by atoms with Gasteiger partial charge in [0.1, 0.15) is 0 Å². The zero-order valence-corrected chi connectivity index (χ0v) is 15.9. The molecule has 0 amide bonds. The fourth-order valence-corrected chi connectivity index (χ4v) is 4.19. The summed E-state index contributed by atoms with van der Waals surface area (Å²) >= 11 is 0. The molecule has 0 aromatic heterocycles. The van der Waals surface area contributed by atoms with Crippen molar-refractivity contribution in [3.63, 3.8) is 0 Å². The summed E-state index contributed by atoms with van der Waals surface area (Å²) in [5.74, 6) is -0.149. The monoisotopic (exact) mass is 360 g/mol. The Bertz CT molecular complexity index is 578. The van der Waals surface area contributed by atoms with E-state index in [1.54, 1.807) is 0 Å². The molecular formula is C21H32N2O3. The number of aryl methyl sites for hydroxylation is 1. The molecule has 0 aliphatic carbocycles. The highest BCUT2D eigenvalue weighted by Gasteiger charge is 2.25. The van der Waals surface area contributed by atoms with Crippen molar-refractivity contribution in [3.05, 3.63) is 35.4 Å². The molecule has 2 saturated heterocycles. The lowest BCUT2D eigenvalue weighted by molar-refractivity contribution is -0.138. The molecule has 0 saturated carbocycles. The number of aliphatic carboxylic acids is 1. The second-order valence-electron chi connectivity index (χ2n) is 7.87. The minimum atomic E-state index is -0.736. The number of carbonyl (C=O) groups is 1. The topological polar surface area (TPSA) is 53.0 Å². The van der Waals surface area contributed by atoms with E-state index in [2.05, 4.69) is 41.0 Å². The van der Waals surface area contributed by atoms with Crippen molar-refractivity contribution in [2.45, 2.75) is 45.3 Å². The van der Waals surface area contributed by atoms with Gasteiger partial charge in [0, 0.05) is 26.2 Å². The Morgan fingerprint density at radius 3 is 2.65 bits per heavy atom. The average molecular weight is 360 g/mol. The lowest BCUT2D eigenvalue weighted by Gasteiger charge is -2.35. The number of benzene rings is 1. The molecule has 0 unspecified atom stereocenters. The minimum absolute atomic E-state index is 0.128. The van der Waals surface area contributed by atoms with Crippen molar-refractivity contribution >= 4 is 5.97 Å². The van der Waals surface area contributed by atoms with Gasteiger partial charge in [-0.05, 0) is 62.7 Å². The molecule has 5 nitrogen and oxygen atoms in total. The summed E-state index contributed by atoms with van der Waals surface area (Å²) in [6, 6.07) is 8.61. The Kier molecular flexibility index (Phi) is 7.06. The van der Waals surface area contributed by atoms with Gasteiger partial charge in [-0.25, -0.2) is 0 Å². The molecule has 2 aliphatic rings. The van der Waals surface area contributed by atoms with Crippen LogP contribution in [0.5, 0.6) is 0 Å². The van der Waals surface area contributed by atoms with E-state index in [1.165, 1.54) is 11.1 Å². The first-order valence-electron chi connectivity index (χ1n) is 9.93. The fraction of sp³-hybridized carbons (Fsp3) is 0.667. The van der Waals surface area contributed by atoms with Gasteiger partial charge in [-0.1, -0.05) is 24.3 Å². The van der Waals surface area contributed by atoms with Gasteiger partial charge in [0.25, 0.3) is 0 Å². The van der Waals surface area contributed by atoms with Gasteiger partial charge in [0.05, 0.1) is 12.6 Å². The largest absolute Gasteiger partial charge is 0.480 e. The Morgan fingerprint density at radius 1 is 1.23 bits per heavy atom. The molecule has 2 heterocycles. The predicted molar refractivity (Wildman–Crippen MR) is 102 cm³/mol. The molecular weight excluding hydrogens is 328 g/mol. The highest BCUT2D eigenvalue weighted by Crippen LogP contribution is 2.22. The van der Waals surface area contributed by atoms with Crippen molar-refractivity contribution in [2.75, 3.05) is 39.3 Å². The third-order valence-corrected chi connectivity index (χ3v) is 5.72. The van der Waals surface area contributed by atoms with Crippen LogP contribution in [0.2, 0.25) is 0 Å². The van der Waals surface area contributed by atoms with Gasteiger partial charge in [0.15, 0.2) is 0 Å². The van der Waals surface area contributed by atoms with Gasteiger partial charge in [-0.2, -0.15) is 0 Å². The van der Waals surface area contributed by atoms with Gasteiger partial charge in [0.2, 0.25) is 0 Å². The van der Waals surface area contributed by atoms with Crippen molar-refractivity contribution in [3.8, 4) is 0 Å². The second kappa shape index (κ2) is 9.49. The van der Waals surface area contributed by atoms with Crippen LogP contribution >= 0.6 is 0 Å². The number of nitrogens with zero attached hydrogens (tertiary/aromatic N) is 2. The maximum absolute atomic E-state index is 11.2. The fourth-order valence-electron chi connectivity index (χ4n) is 4.19. The normalized spacial score (nSPS) is 22.2. The maximum atomic E-state index is 11.2. The molecule has 1 atom stereocenters. The summed E-state index contributed by atoms with van der Waals surface area (Å²) < 4.78 is 5.71. The summed E-state index contributed by atoms with van der Waals surface area (Å²) in [6.07, 6.45) is 4.67. The van der Waals surface area contributed by atoms with Crippen molar-refractivity contribution in [2.24, 2.45) is 5.92 Å². The molecule has 2 aliphatic heterocycles. The maximum Gasteiger partial charge on any atom is 0.317 e. The number of hydrogen-bond donors (Lipinski definition) is 1. The van der Waals surface area contributed by atoms with Crippen LogP contribution in [0.25, 0.3) is 0 Å². The van der Waals surface area contributed by atoms with Gasteiger partial charge < -0.3 is 9.84 Å². The number of carboxylic acid groups (broad SMARTS) is 1. The Morgan fingerprint density at radius 2 is 2.00 bits per heavy atom. The second-order valence-corrected chi connectivity index (χ2v) is 7.87. The highest BCUT2D eigenvalue weighted by molar-refractivity contribution is 5.69. The van der Waals surface area contributed by atoms with E-state index in [-0.39, 0.29) is 12.6 Å². The third kappa shape index (κ3) is 5.79. The molecule has 2 fully saturated rings. The van der Waals surface area contributed by atoms with Gasteiger partial charge in [-0.15, -0.1) is 0 Å². The Balaban J connectivity index is 1.46. The zero-order chi connectivity index (χ0) is 18.4. The first kappa shape index (κ1) is 19.3. The van der Waals surface area contributed by atoms with Crippen LogP contribution in [-0.4, -0.2) is 66.3 Å². The van der Waals surface area contributed by atoms with Crippen LogP contribution in [0.4, 0.5) is 0 Å². The predicted octanol–water partition coefficient (Wildman–Crippen LogP) is 2.77. The van der Waals surface area contributed by atoms with Crippen LogP contribution in [0.3, 0.4) is 0 Å². The smallest absolute Gasteiger partial charge is 0.317 e. The summed E-state index contributed by atoms with van der Waals surface area (Å²) in [4.78, 5) is 15.8. The van der Waals surface area contributed by atoms with E-state index in [4.69, 9.17) is 4.74 Å². The average Bonchev–Trinajstić information content (AvgIpc) is 3.11. The Hall–Kier alpha value is -1.43. The molecule has 0 radical (unpaired) electrons. The molecule has 3 rings (SSSR count). The number of likely N-dealkylation sites (tertiary alicyclic amines) is 1. The summed E-state index contributed by atoms with van der Waals surface area (Å²) in [5, 5.41) is 9.23. The van der Waals surface area contributed by atoms with Crippen molar-refractivity contribution in [1.82, 2.24) is 9.80 Å². The molecule has 1 N–H and O–H groups in total. The van der Waals surface area contributed by atoms with E-state index >= 15 is 0 Å². The SMILES string of the molecule is Cc1ccccc1CN1CCC(CN(CC(=O)O)C[C@@H]2CCCO2)CC1. The van der Waals surface area contributed by atoms with Crippen LogP contribution < -0.4 is 0 Å². The van der Waals surface area contributed by atoms with Crippen molar-refractivity contribution in [1.29, 1.82) is 0 Å². The van der Waals surface area contributed by atoms with Gasteiger partial charge >= 0.3 is 5.97 Å². The zero-order valence-electron chi connectivity index (χ0n) is 15.9. The summed E-state index contributed by atoms with van der Waals surface area (Å²) in [5.41, 5.74) is 2.77. The first-order chi connectivity index (χ1) is 12.6. The van der Waals surface area contributed by atoms with Gasteiger partial charge in [-0.3, -0.25) is 14.6 Å². The quantitative estimate of drug-likeness (QED) is 0.773. The lowest BCUT2D eigenvalue weighted by atomic mass is 9.95. The summed E-state index contributed by atoms with van der Waals surface area (Å²) in [6.45, 7) is 7.98. The first-order valence-corrected chi connectivity index (χ1v) is 9.93. The lowest BCUT2D eigenvalue weighted by Crippen LogP contribution is -2.42. The number of carboxylic acids is 1. The third-order valence-electron chi connectivity index (χ3n) is 5.72. The highest BCUT2D eigenvalue weighted by atomic mass is 16.5. The molecule has 0 spiro atoms. The van der Waals surface area contributed by atoms with E-state index in [0.717, 1.165) is 65.0 Å². The van der Waals surface area contributed by atoms with Crippen LogP contribution in [0.1, 0.15) is 36.8 Å². The number of piperidine rings is 1. The summed E-state index contributed by atoms with van der Waals surface area (Å²) in [7, 11) is 0. The van der Waals surface area contributed by atoms with Crippen molar-refractivity contribution < 1.29 is 14.6 Å². The number of hydrogen-bond acceptors (Lipinski definition) is 4.